The minimum Gasteiger partial charge on any atom is -0.496 e. The molecule has 0 fully saturated rings. The zero-order chi connectivity index (χ0) is 9.68. The lowest BCUT2D eigenvalue weighted by Gasteiger charge is -2.04. The van der Waals surface area contributed by atoms with E-state index in [-0.39, 0.29) is 0 Å². The van der Waals surface area contributed by atoms with E-state index >= 15 is 0 Å². The van der Waals surface area contributed by atoms with E-state index in [1.807, 2.05) is 18.2 Å². The topological polar surface area (TPSA) is 26.3 Å². The summed E-state index contributed by atoms with van der Waals surface area (Å²) in [6.07, 6.45) is 3.39. The number of aldehydes is 1. The van der Waals surface area contributed by atoms with E-state index in [1.54, 1.807) is 13.2 Å². The highest BCUT2D eigenvalue weighted by molar-refractivity contribution is 5.79. The Morgan fingerprint density at radius 3 is 2.85 bits per heavy atom. The molecule has 1 rings (SSSR count). The van der Waals surface area contributed by atoms with Crippen LogP contribution >= 0.6 is 0 Å². The van der Waals surface area contributed by atoms with Crippen molar-refractivity contribution in [2.24, 2.45) is 0 Å². The Hall–Kier alpha value is -1.57. The molecule has 1 aromatic rings. The molecular weight excluding hydrogens is 164 g/mol. The van der Waals surface area contributed by atoms with E-state index in [0.717, 1.165) is 18.3 Å². The van der Waals surface area contributed by atoms with Gasteiger partial charge in [-0.3, -0.25) is 4.79 Å². The summed E-state index contributed by atoms with van der Waals surface area (Å²) in [4.78, 5) is 10.6. The van der Waals surface area contributed by atoms with Crippen LogP contribution in [-0.4, -0.2) is 13.4 Å². The van der Waals surface area contributed by atoms with Crippen LogP contribution in [-0.2, 0) is 6.42 Å². The van der Waals surface area contributed by atoms with Gasteiger partial charge in [0.2, 0.25) is 0 Å². The molecule has 0 aromatic heterocycles. The van der Waals surface area contributed by atoms with E-state index in [9.17, 15) is 4.79 Å². The van der Waals surface area contributed by atoms with Crippen molar-refractivity contribution in [2.75, 3.05) is 7.11 Å². The molecule has 0 aliphatic carbocycles. The molecule has 0 N–H and O–H groups in total. The summed E-state index contributed by atoms with van der Waals surface area (Å²) in [5, 5.41) is 0. The molecule has 0 radical (unpaired) electrons. The third kappa shape index (κ3) is 2.18. The first kappa shape index (κ1) is 9.52. The van der Waals surface area contributed by atoms with Crippen molar-refractivity contribution >= 4 is 6.29 Å². The van der Waals surface area contributed by atoms with Crippen LogP contribution in [0.25, 0.3) is 0 Å². The highest BCUT2D eigenvalue weighted by Gasteiger charge is 2.01. The van der Waals surface area contributed by atoms with Gasteiger partial charge in [-0.2, -0.15) is 0 Å². The average molecular weight is 176 g/mol. The molecule has 0 aliphatic heterocycles. The highest BCUT2D eigenvalue weighted by Crippen LogP contribution is 2.18. The number of allylic oxidation sites excluding steroid dienone is 1. The number of hydrogen-bond donors (Lipinski definition) is 0. The fraction of sp³-hybridized carbons (Fsp3) is 0.182. The molecule has 0 saturated carbocycles. The molecule has 0 atom stereocenters. The van der Waals surface area contributed by atoms with Crippen LogP contribution in [0.3, 0.4) is 0 Å². The van der Waals surface area contributed by atoms with Gasteiger partial charge in [-0.1, -0.05) is 12.1 Å². The second-order valence-corrected chi connectivity index (χ2v) is 2.69. The van der Waals surface area contributed by atoms with E-state index in [1.165, 1.54) is 0 Å². The molecule has 0 amide bonds. The van der Waals surface area contributed by atoms with Crippen molar-refractivity contribution in [3.63, 3.8) is 0 Å². The number of rotatable bonds is 4. The first-order chi connectivity index (χ1) is 6.31. The third-order valence-electron chi connectivity index (χ3n) is 1.80. The Morgan fingerprint density at radius 1 is 1.54 bits per heavy atom. The Morgan fingerprint density at radius 2 is 2.31 bits per heavy atom. The summed E-state index contributed by atoms with van der Waals surface area (Å²) >= 11 is 0. The molecule has 68 valence electrons. The summed E-state index contributed by atoms with van der Waals surface area (Å²) in [6.45, 7) is 3.64. The highest BCUT2D eigenvalue weighted by atomic mass is 16.5. The number of carbonyl (C=O) groups is 1. The Kier molecular flexibility index (Phi) is 3.26. The minimum atomic E-state index is 0.579. The maximum Gasteiger partial charge on any atom is 0.153 e. The fourth-order valence-corrected chi connectivity index (χ4v) is 1.15. The van der Waals surface area contributed by atoms with Crippen LogP contribution in [0, 0.1) is 0 Å². The second kappa shape index (κ2) is 4.45. The molecule has 0 heterocycles. The maximum atomic E-state index is 10.6. The molecule has 0 saturated heterocycles. The Labute approximate surface area is 77.8 Å². The number of carbonyl (C=O) groups excluding carboxylic acids is 1. The number of hydrogen-bond acceptors (Lipinski definition) is 2. The molecule has 0 spiro atoms. The SMILES string of the molecule is C=CCc1ccc(C=O)c(OC)c1. The fourth-order valence-electron chi connectivity index (χ4n) is 1.15. The number of methoxy groups -OCH3 is 1. The van der Waals surface area contributed by atoms with Gasteiger partial charge >= 0.3 is 0 Å². The van der Waals surface area contributed by atoms with Crippen LogP contribution in [0.5, 0.6) is 5.75 Å². The second-order valence-electron chi connectivity index (χ2n) is 2.69. The van der Waals surface area contributed by atoms with E-state index in [4.69, 9.17) is 4.74 Å². The molecule has 2 nitrogen and oxygen atoms in total. The summed E-state index contributed by atoms with van der Waals surface area (Å²) in [5.41, 5.74) is 1.67. The van der Waals surface area contributed by atoms with Gasteiger partial charge in [0.25, 0.3) is 0 Å². The van der Waals surface area contributed by atoms with Gasteiger partial charge in [0.1, 0.15) is 5.75 Å². The molecule has 0 bridgehead atoms. The largest absolute Gasteiger partial charge is 0.496 e. The van der Waals surface area contributed by atoms with Crippen molar-refractivity contribution in [3.05, 3.63) is 42.0 Å². The zero-order valence-corrected chi connectivity index (χ0v) is 7.62. The first-order valence-electron chi connectivity index (χ1n) is 4.04. The predicted octanol–water partition coefficient (Wildman–Crippen LogP) is 2.24. The molecule has 13 heavy (non-hydrogen) atoms. The first-order valence-corrected chi connectivity index (χ1v) is 4.04. The van der Waals surface area contributed by atoms with Crippen molar-refractivity contribution in [3.8, 4) is 5.75 Å². The number of benzene rings is 1. The summed E-state index contributed by atoms with van der Waals surface area (Å²) in [6, 6.07) is 5.50. The van der Waals surface area contributed by atoms with E-state index in [2.05, 4.69) is 6.58 Å². The van der Waals surface area contributed by atoms with Crippen LogP contribution in [0.4, 0.5) is 0 Å². The summed E-state index contributed by atoms with van der Waals surface area (Å²) in [7, 11) is 1.56. The van der Waals surface area contributed by atoms with Gasteiger partial charge in [0.15, 0.2) is 6.29 Å². The van der Waals surface area contributed by atoms with Crippen molar-refractivity contribution in [1.29, 1.82) is 0 Å². The lowest BCUT2D eigenvalue weighted by atomic mass is 10.1. The average Bonchev–Trinajstić information content (AvgIpc) is 2.18. The normalized spacial score (nSPS) is 9.31. The van der Waals surface area contributed by atoms with Crippen LogP contribution in [0.2, 0.25) is 0 Å². The quantitative estimate of drug-likeness (QED) is 0.519. The predicted molar refractivity (Wildman–Crippen MR) is 52.3 cm³/mol. The third-order valence-corrected chi connectivity index (χ3v) is 1.80. The molecule has 2 heteroatoms. The van der Waals surface area contributed by atoms with Gasteiger partial charge in [0.05, 0.1) is 12.7 Å². The van der Waals surface area contributed by atoms with Crippen molar-refractivity contribution < 1.29 is 9.53 Å². The molecule has 0 aliphatic rings. The van der Waals surface area contributed by atoms with Crippen molar-refractivity contribution in [2.45, 2.75) is 6.42 Å². The maximum absolute atomic E-state index is 10.6. The van der Waals surface area contributed by atoms with Crippen molar-refractivity contribution in [1.82, 2.24) is 0 Å². The smallest absolute Gasteiger partial charge is 0.153 e. The van der Waals surface area contributed by atoms with Crippen LogP contribution in [0.1, 0.15) is 15.9 Å². The zero-order valence-electron chi connectivity index (χ0n) is 7.62. The van der Waals surface area contributed by atoms with Gasteiger partial charge < -0.3 is 4.74 Å². The van der Waals surface area contributed by atoms with Crippen LogP contribution in [0.15, 0.2) is 30.9 Å². The van der Waals surface area contributed by atoms with Crippen LogP contribution < -0.4 is 4.74 Å². The molecule has 1 aromatic carbocycles. The Balaban J connectivity index is 3.04. The summed E-state index contributed by atoms with van der Waals surface area (Å²) in [5.74, 6) is 0.620. The van der Waals surface area contributed by atoms with Gasteiger partial charge in [0, 0.05) is 0 Å². The minimum absolute atomic E-state index is 0.579. The van der Waals surface area contributed by atoms with Gasteiger partial charge in [-0.05, 0) is 24.1 Å². The summed E-state index contributed by atoms with van der Waals surface area (Å²) < 4.78 is 5.06. The Bertz CT molecular complexity index is 316. The monoisotopic (exact) mass is 176 g/mol. The standard InChI is InChI=1S/C11H12O2/c1-3-4-9-5-6-10(8-12)11(7-9)13-2/h3,5-8H,1,4H2,2H3. The molecule has 0 unspecified atom stereocenters. The van der Waals surface area contributed by atoms with E-state index in [0.29, 0.717) is 11.3 Å². The lowest BCUT2D eigenvalue weighted by Crippen LogP contribution is -1.92. The number of ether oxygens (including phenoxy) is 1. The van der Waals surface area contributed by atoms with Gasteiger partial charge in [-0.15, -0.1) is 6.58 Å². The lowest BCUT2D eigenvalue weighted by molar-refractivity contribution is 0.112. The van der Waals surface area contributed by atoms with E-state index < -0.39 is 0 Å². The molecular formula is C11H12O2. The van der Waals surface area contributed by atoms with Gasteiger partial charge in [-0.25, -0.2) is 0 Å².